The molecule has 1 aliphatic heterocycles. The molecule has 0 aliphatic carbocycles. The summed E-state index contributed by atoms with van der Waals surface area (Å²) in [7, 11) is 2.16. The van der Waals surface area contributed by atoms with Gasteiger partial charge in [0.05, 0.1) is 17.6 Å². The molecular weight excluding hydrogens is 188 g/mol. The van der Waals surface area contributed by atoms with E-state index >= 15 is 0 Å². The van der Waals surface area contributed by atoms with E-state index < -0.39 is 0 Å². The molecule has 1 aliphatic rings. The van der Waals surface area contributed by atoms with E-state index in [4.69, 9.17) is 5.73 Å². The molecule has 1 aromatic rings. The summed E-state index contributed by atoms with van der Waals surface area (Å²) in [4.78, 5) is 6.42. The third-order valence-corrected chi connectivity index (χ3v) is 2.75. The molecule has 2 rings (SSSR count). The average Bonchev–Trinajstić information content (AvgIpc) is 2.17. The highest BCUT2D eigenvalue weighted by Crippen LogP contribution is 2.15. The fourth-order valence-corrected chi connectivity index (χ4v) is 2.06. The van der Waals surface area contributed by atoms with Gasteiger partial charge in [0.1, 0.15) is 0 Å². The Bertz CT molecular complexity index is 326. The van der Waals surface area contributed by atoms with Crippen LogP contribution in [0.4, 0.5) is 11.4 Å². The van der Waals surface area contributed by atoms with E-state index in [0.717, 1.165) is 12.2 Å². The van der Waals surface area contributed by atoms with Crippen molar-refractivity contribution in [3.63, 3.8) is 0 Å². The van der Waals surface area contributed by atoms with Crippen LogP contribution in [0, 0.1) is 0 Å². The minimum absolute atomic E-state index is 0.521. The Morgan fingerprint density at radius 1 is 1.53 bits per heavy atom. The topological polar surface area (TPSA) is 54.2 Å². The van der Waals surface area contributed by atoms with Crippen LogP contribution in [0.1, 0.15) is 12.8 Å². The number of nitrogens with zero attached hydrogens (tertiary/aromatic N) is 2. The van der Waals surface area contributed by atoms with E-state index in [-0.39, 0.29) is 0 Å². The van der Waals surface area contributed by atoms with Crippen molar-refractivity contribution in [2.24, 2.45) is 0 Å². The van der Waals surface area contributed by atoms with Gasteiger partial charge in [-0.15, -0.1) is 0 Å². The van der Waals surface area contributed by atoms with Gasteiger partial charge in [0.25, 0.3) is 0 Å². The number of anilines is 2. The van der Waals surface area contributed by atoms with Gasteiger partial charge in [-0.05, 0) is 32.5 Å². The predicted octanol–water partition coefficient (Wildman–Crippen LogP) is 1.17. The number of nitrogen functional groups attached to an aromatic ring is 1. The standard InChI is InChI=1S/C11H18N4/c1-15-4-2-3-10(8-15)14-11-5-9(12)6-13-7-11/h5-7,10,14H,2-4,8,12H2,1H3. The Kier molecular flexibility index (Phi) is 3.06. The smallest absolute Gasteiger partial charge is 0.0549 e. The molecule has 15 heavy (non-hydrogen) atoms. The lowest BCUT2D eigenvalue weighted by Crippen LogP contribution is -2.39. The van der Waals surface area contributed by atoms with Crippen LogP contribution in [-0.4, -0.2) is 36.1 Å². The fraction of sp³-hybridized carbons (Fsp3) is 0.545. The number of piperidine rings is 1. The van der Waals surface area contributed by atoms with Crippen molar-refractivity contribution in [2.45, 2.75) is 18.9 Å². The second kappa shape index (κ2) is 4.49. The SMILES string of the molecule is CN1CCCC(Nc2cncc(N)c2)C1. The van der Waals surface area contributed by atoms with Crippen molar-refractivity contribution in [3.8, 4) is 0 Å². The number of hydrogen-bond acceptors (Lipinski definition) is 4. The van der Waals surface area contributed by atoms with E-state index in [1.807, 2.05) is 12.3 Å². The second-order valence-electron chi connectivity index (χ2n) is 4.25. The monoisotopic (exact) mass is 206 g/mol. The molecule has 4 heteroatoms. The summed E-state index contributed by atoms with van der Waals surface area (Å²) < 4.78 is 0. The van der Waals surface area contributed by atoms with Gasteiger partial charge in [0, 0.05) is 18.8 Å². The van der Waals surface area contributed by atoms with Gasteiger partial charge in [-0.2, -0.15) is 0 Å². The molecule has 0 spiro atoms. The van der Waals surface area contributed by atoms with Gasteiger partial charge < -0.3 is 16.0 Å². The molecule has 4 nitrogen and oxygen atoms in total. The zero-order valence-corrected chi connectivity index (χ0v) is 9.11. The lowest BCUT2D eigenvalue weighted by Gasteiger charge is -2.30. The van der Waals surface area contributed by atoms with Crippen LogP contribution >= 0.6 is 0 Å². The van der Waals surface area contributed by atoms with Crippen LogP contribution in [-0.2, 0) is 0 Å². The average molecular weight is 206 g/mol. The van der Waals surface area contributed by atoms with Crippen molar-refractivity contribution < 1.29 is 0 Å². The highest BCUT2D eigenvalue weighted by atomic mass is 15.1. The molecule has 2 heterocycles. The fourth-order valence-electron chi connectivity index (χ4n) is 2.06. The lowest BCUT2D eigenvalue weighted by molar-refractivity contribution is 0.261. The molecule has 0 saturated carbocycles. The quantitative estimate of drug-likeness (QED) is 0.762. The molecule has 0 amide bonds. The minimum Gasteiger partial charge on any atom is -0.397 e. The summed E-state index contributed by atoms with van der Waals surface area (Å²) in [6.45, 7) is 2.29. The first-order valence-corrected chi connectivity index (χ1v) is 5.39. The highest BCUT2D eigenvalue weighted by molar-refractivity contribution is 5.51. The minimum atomic E-state index is 0.521. The zero-order valence-electron chi connectivity index (χ0n) is 9.11. The molecule has 0 aromatic carbocycles. The molecule has 1 fully saturated rings. The molecule has 0 radical (unpaired) electrons. The van der Waals surface area contributed by atoms with Crippen LogP contribution < -0.4 is 11.1 Å². The number of hydrogen-bond donors (Lipinski definition) is 2. The van der Waals surface area contributed by atoms with Crippen molar-refractivity contribution in [1.29, 1.82) is 0 Å². The maximum atomic E-state index is 5.68. The molecule has 1 atom stereocenters. The van der Waals surface area contributed by atoms with Crippen molar-refractivity contribution in [3.05, 3.63) is 18.5 Å². The van der Waals surface area contributed by atoms with E-state index in [1.165, 1.54) is 19.4 Å². The summed E-state index contributed by atoms with van der Waals surface area (Å²) >= 11 is 0. The zero-order chi connectivity index (χ0) is 10.7. The largest absolute Gasteiger partial charge is 0.397 e. The molecule has 1 unspecified atom stereocenters. The maximum absolute atomic E-state index is 5.68. The third-order valence-electron chi connectivity index (χ3n) is 2.75. The molecule has 0 bridgehead atoms. The summed E-state index contributed by atoms with van der Waals surface area (Å²) in [6, 6.07) is 2.45. The highest BCUT2D eigenvalue weighted by Gasteiger charge is 2.16. The number of likely N-dealkylation sites (N-methyl/N-ethyl adjacent to an activating group) is 1. The second-order valence-corrected chi connectivity index (χ2v) is 4.25. The lowest BCUT2D eigenvalue weighted by atomic mass is 10.1. The van der Waals surface area contributed by atoms with Crippen molar-refractivity contribution in [1.82, 2.24) is 9.88 Å². The van der Waals surface area contributed by atoms with Crippen LogP contribution in [0.3, 0.4) is 0 Å². The summed E-state index contributed by atoms with van der Waals surface area (Å²) in [6.07, 6.45) is 5.96. The van der Waals surface area contributed by atoms with E-state index in [9.17, 15) is 0 Å². The summed E-state index contributed by atoms with van der Waals surface area (Å²) in [5.74, 6) is 0. The Balaban J connectivity index is 1.96. The van der Waals surface area contributed by atoms with Gasteiger partial charge in [0.2, 0.25) is 0 Å². The number of nitrogens with two attached hydrogens (primary N) is 1. The summed E-state index contributed by atoms with van der Waals surface area (Å²) in [5, 5.41) is 3.47. The number of likely N-dealkylation sites (tertiary alicyclic amines) is 1. The van der Waals surface area contributed by atoms with E-state index in [0.29, 0.717) is 11.7 Å². The van der Waals surface area contributed by atoms with Crippen LogP contribution in [0.15, 0.2) is 18.5 Å². The van der Waals surface area contributed by atoms with Crippen molar-refractivity contribution >= 4 is 11.4 Å². The number of aromatic nitrogens is 1. The van der Waals surface area contributed by atoms with Gasteiger partial charge in [-0.25, -0.2) is 0 Å². The first-order valence-electron chi connectivity index (χ1n) is 5.39. The number of rotatable bonds is 2. The van der Waals surface area contributed by atoms with Gasteiger partial charge in [0.15, 0.2) is 0 Å². The maximum Gasteiger partial charge on any atom is 0.0549 e. The van der Waals surface area contributed by atoms with Crippen LogP contribution in [0.25, 0.3) is 0 Å². The van der Waals surface area contributed by atoms with E-state index in [2.05, 4.69) is 22.2 Å². The van der Waals surface area contributed by atoms with Gasteiger partial charge in [-0.3, -0.25) is 4.98 Å². The molecule has 3 N–H and O–H groups in total. The van der Waals surface area contributed by atoms with Gasteiger partial charge >= 0.3 is 0 Å². The van der Waals surface area contributed by atoms with E-state index in [1.54, 1.807) is 6.20 Å². The Morgan fingerprint density at radius 2 is 2.40 bits per heavy atom. The Hall–Kier alpha value is -1.29. The molecular formula is C11H18N4. The molecule has 1 saturated heterocycles. The molecule has 82 valence electrons. The van der Waals surface area contributed by atoms with Gasteiger partial charge in [-0.1, -0.05) is 0 Å². The first-order chi connectivity index (χ1) is 7.24. The summed E-state index contributed by atoms with van der Waals surface area (Å²) in [5.41, 5.74) is 7.41. The third kappa shape index (κ3) is 2.83. The Labute approximate surface area is 90.5 Å². The molecule has 1 aromatic heterocycles. The van der Waals surface area contributed by atoms with Crippen LogP contribution in [0.5, 0.6) is 0 Å². The normalized spacial score (nSPS) is 22.6. The first kappa shape index (κ1) is 10.2. The number of nitrogens with one attached hydrogen (secondary N) is 1. The van der Waals surface area contributed by atoms with Crippen molar-refractivity contribution in [2.75, 3.05) is 31.2 Å². The predicted molar refractivity (Wildman–Crippen MR) is 62.8 cm³/mol. The van der Waals surface area contributed by atoms with Crippen LogP contribution in [0.2, 0.25) is 0 Å². The number of pyridine rings is 1. The Morgan fingerprint density at radius 3 is 3.13 bits per heavy atom.